The molecule has 1 aliphatic heterocycles. The van der Waals surface area contributed by atoms with Crippen molar-refractivity contribution >= 4 is 17.5 Å². The van der Waals surface area contributed by atoms with E-state index in [9.17, 15) is 9.59 Å². The summed E-state index contributed by atoms with van der Waals surface area (Å²) in [5, 5.41) is 2.98. The maximum absolute atomic E-state index is 12.5. The highest BCUT2D eigenvalue weighted by Crippen LogP contribution is 2.34. The maximum atomic E-state index is 12.5. The third-order valence-electron chi connectivity index (χ3n) is 4.68. The molecule has 0 aliphatic carbocycles. The summed E-state index contributed by atoms with van der Waals surface area (Å²) in [4.78, 5) is 26.7. The van der Waals surface area contributed by atoms with E-state index >= 15 is 0 Å². The van der Waals surface area contributed by atoms with E-state index in [0.29, 0.717) is 31.3 Å². The Morgan fingerprint density at radius 3 is 2.62 bits per heavy atom. The van der Waals surface area contributed by atoms with Gasteiger partial charge in [0, 0.05) is 25.2 Å². The Labute approximate surface area is 145 Å². The number of carbonyl (C=O) groups excluding carboxylic acids is 2. The van der Waals surface area contributed by atoms with Gasteiger partial charge in [0.2, 0.25) is 11.8 Å². The molecule has 1 saturated heterocycles. The fraction of sp³-hybridized carbons (Fsp3) is 0.600. The Bertz CT molecular complexity index is 608. The van der Waals surface area contributed by atoms with Gasteiger partial charge in [-0.25, -0.2) is 0 Å². The standard InChI is InChI=1S/C20H30N2O2/c1-13(2)9-10-21-20(24)16-11-18(23)22(12-16)19-15(5)7-6-8-17(19)14(3)4/h6-8,13-14,16H,9-12H2,1-5H3,(H,21,24). The minimum atomic E-state index is -0.246. The van der Waals surface area contributed by atoms with Gasteiger partial charge >= 0.3 is 0 Å². The fourth-order valence-corrected chi connectivity index (χ4v) is 3.24. The minimum absolute atomic E-state index is 0.00572. The van der Waals surface area contributed by atoms with E-state index in [1.807, 2.05) is 24.0 Å². The molecule has 4 heteroatoms. The van der Waals surface area contributed by atoms with Crippen molar-refractivity contribution in [1.29, 1.82) is 0 Å². The van der Waals surface area contributed by atoms with Gasteiger partial charge in [0.05, 0.1) is 5.92 Å². The lowest BCUT2D eigenvalue weighted by atomic mass is 9.97. The van der Waals surface area contributed by atoms with Gasteiger partial charge in [0.25, 0.3) is 0 Å². The van der Waals surface area contributed by atoms with E-state index in [0.717, 1.165) is 17.7 Å². The van der Waals surface area contributed by atoms with E-state index in [1.54, 1.807) is 0 Å². The van der Waals surface area contributed by atoms with Crippen LogP contribution in [0.2, 0.25) is 0 Å². The van der Waals surface area contributed by atoms with E-state index in [2.05, 4.69) is 39.1 Å². The van der Waals surface area contributed by atoms with Crippen molar-refractivity contribution in [3.63, 3.8) is 0 Å². The summed E-state index contributed by atoms with van der Waals surface area (Å²) in [6.45, 7) is 11.7. The molecular formula is C20H30N2O2. The zero-order valence-corrected chi connectivity index (χ0v) is 15.6. The van der Waals surface area contributed by atoms with Crippen LogP contribution in [0, 0.1) is 18.8 Å². The maximum Gasteiger partial charge on any atom is 0.227 e. The molecular weight excluding hydrogens is 300 g/mol. The normalized spacial score (nSPS) is 17.9. The summed E-state index contributed by atoms with van der Waals surface area (Å²) in [6, 6.07) is 6.14. The van der Waals surface area contributed by atoms with Gasteiger partial charge in [0.15, 0.2) is 0 Å². The largest absolute Gasteiger partial charge is 0.356 e. The monoisotopic (exact) mass is 330 g/mol. The van der Waals surface area contributed by atoms with E-state index in [4.69, 9.17) is 0 Å². The molecule has 132 valence electrons. The summed E-state index contributed by atoms with van der Waals surface area (Å²) >= 11 is 0. The van der Waals surface area contributed by atoms with Crippen molar-refractivity contribution in [2.45, 2.75) is 53.4 Å². The summed E-state index contributed by atoms with van der Waals surface area (Å²) in [6.07, 6.45) is 1.27. The molecule has 1 aromatic rings. The number of benzene rings is 1. The number of hydrogen-bond donors (Lipinski definition) is 1. The Morgan fingerprint density at radius 2 is 2.00 bits per heavy atom. The predicted octanol–water partition coefficient (Wildman–Crippen LogP) is 3.63. The molecule has 1 heterocycles. The van der Waals surface area contributed by atoms with Crippen LogP contribution >= 0.6 is 0 Å². The summed E-state index contributed by atoms with van der Waals surface area (Å²) in [7, 11) is 0. The zero-order chi connectivity index (χ0) is 17.9. The third-order valence-corrected chi connectivity index (χ3v) is 4.68. The van der Waals surface area contributed by atoms with Gasteiger partial charge in [-0.1, -0.05) is 45.9 Å². The van der Waals surface area contributed by atoms with Gasteiger partial charge in [0.1, 0.15) is 0 Å². The first-order chi connectivity index (χ1) is 11.3. The molecule has 1 fully saturated rings. The highest BCUT2D eigenvalue weighted by atomic mass is 16.2. The molecule has 4 nitrogen and oxygen atoms in total. The van der Waals surface area contributed by atoms with Crippen LogP contribution in [0.5, 0.6) is 0 Å². The number of para-hydroxylation sites is 1. The molecule has 1 atom stereocenters. The lowest BCUT2D eigenvalue weighted by Crippen LogP contribution is -2.34. The number of hydrogen-bond acceptors (Lipinski definition) is 2. The van der Waals surface area contributed by atoms with Crippen LogP contribution in [0.3, 0.4) is 0 Å². The number of carbonyl (C=O) groups is 2. The Morgan fingerprint density at radius 1 is 1.29 bits per heavy atom. The highest BCUT2D eigenvalue weighted by Gasteiger charge is 2.36. The highest BCUT2D eigenvalue weighted by molar-refractivity contribution is 6.01. The molecule has 2 rings (SSSR count). The molecule has 1 N–H and O–H groups in total. The SMILES string of the molecule is Cc1cccc(C(C)C)c1N1CC(C(=O)NCCC(C)C)CC1=O. The number of rotatable bonds is 6. The molecule has 1 aromatic carbocycles. The van der Waals surface area contributed by atoms with Crippen molar-refractivity contribution in [2.75, 3.05) is 18.0 Å². The molecule has 0 radical (unpaired) electrons. The van der Waals surface area contributed by atoms with Gasteiger partial charge in [-0.2, -0.15) is 0 Å². The number of amides is 2. The van der Waals surface area contributed by atoms with Crippen molar-refractivity contribution in [2.24, 2.45) is 11.8 Å². The van der Waals surface area contributed by atoms with E-state index in [-0.39, 0.29) is 17.7 Å². The predicted molar refractivity (Wildman–Crippen MR) is 98.2 cm³/mol. The quantitative estimate of drug-likeness (QED) is 0.866. The van der Waals surface area contributed by atoms with Crippen LogP contribution in [-0.4, -0.2) is 24.9 Å². The molecule has 0 spiro atoms. The van der Waals surface area contributed by atoms with Gasteiger partial charge in [-0.3, -0.25) is 9.59 Å². The van der Waals surface area contributed by atoms with E-state index < -0.39 is 0 Å². The Kier molecular flexibility index (Phi) is 6.03. The number of aryl methyl sites for hydroxylation is 1. The van der Waals surface area contributed by atoms with Crippen LogP contribution in [0.25, 0.3) is 0 Å². The van der Waals surface area contributed by atoms with Crippen LogP contribution < -0.4 is 10.2 Å². The minimum Gasteiger partial charge on any atom is -0.356 e. The molecule has 1 aliphatic rings. The first-order valence-corrected chi connectivity index (χ1v) is 8.98. The topological polar surface area (TPSA) is 49.4 Å². The molecule has 0 saturated carbocycles. The summed E-state index contributed by atoms with van der Waals surface area (Å²) < 4.78 is 0. The lowest BCUT2D eigenvalue weighted by molar-refractivity contribution is -0.126. The third kappa shape index (κ3) is 4.16. The molecule has 1 unspecified atom stereocenters. The number of nitrogens with one attached hydrogen (secondary N) is 1. The first kappa shape index (κ1) is 18.5. The molecule has 0 bridgehead atoms. The average Bonchev–Trinajstić information content (AvgIpc) is 2.88. The lowest BCUT2D eigenvalue weighted by Gasteiger charge is -2.24. The van der Waals surface area contributed by atoms with Crippen molar-refractivity contribution in [3.8, 4) is 0 Å². The average molecular weight is 330 g/mol. The van der Waals surface area contributed by atoms with Crippen molar-refractivity contribution in [1.82, 2.24) is 5.32 Å². The van der Waals surface area contributed by atoms with Gasteiger partial charge in [-0.15, -0.1) is 0 Å². The van der Waals surface area contributed by atoms with Crippen molar-refractivity contribution in [3.05, 3.63) is 29.3 Å². The molecule has 2 amide bonds. The second-order valence-corrected chi connectivity index (χ2v) is 7.55. The Balaban J connectivity index is 2.12. The second-order valence-electron chi connectivity index (χ2n) is 7.55. The van der Waals surface area contributed by atoms with Crippen LogP contribution in [0.1, 0.15) is 57.6 Å². The summed E-state index contributed by atoms with van der Waals surface area (Å²) in [5.74, 6) is 0.713. The van der Waals surface area contributed by atoms with E-state index in [1.165, 1.54) is 5.56 Å². The van der Waals surface area contributed by atoms with Crippen LogP contribution in [0.4, 0.5) is 5.69 Å². The van der Waals surface area contributed by atoms with Crippen molar-refractivity contribution < 1.29 is 9.59 Å². The summed E-state index contributed by atoms with van der Waals surface area (Å²) in [5.41, 5.74) is 3.26. The Hall–Kier alpha value is -1.84. The van der Waals surface area contributed by atoms with Gasteiger partial charge in [-0.05, 0) is 36.3 Å². The van der Waals surface area contributed by atoms with Crippen LogP contribution in [0.15, 0.2) is 18.2 Å². The number of anilines is 1. The first-order valence-electron chi connectivity index (χ1n) is 8.98. The smallest absolute Gasteiger partial charge is 0.227 e. The zero-order valence-electron chi connectivity index (χ0n) is 15.6. The molecule has 0 aromatic heterocycles. The van der Waals surface area contributed by atoms with Crippen LogP contribution in [-0.2, 0) is 9.59 Å². The fourth-order valence-electron chi connectivity index (χ4n) is 3.24. The second kappa shape index (κ2) is 7.82. The number of nitrogens with zero attached hydrogens (tertiary/aromatic N) is 1. The molecule has 24 heavy (non-hydrogen) atoms. The van der Waals surface area contributed by atoms with Gasteiger partial charge < -0.3 is 10.2 Å².